The molecule has 30 heavy (non-hydrogen) atoms. The van der Waals surface area contributed by atoms with Gasteiger partial charge in [0.25, 0.3) is 15.9 Å². The maximum Gasteiger partial charge on any atom is 0.306 e. The van der Waals surface area contributed by atoms with Crippen LogP contribution < -0.4 is 10.0 Å². The number of anilines is 1. The van der Waals surface area contributed by atoms with Crippen LogP contribution in [-0.2, 0) is 24.3 Å². The number of halogens is 1. The van der Waals surface area contributed by atoms with Crippen LogP contribution in [0.25, 0.3) is 0 Å². The molecule has 0 bridgehead atoms. The Labute approximate surface area is 182 Å². The molecule has 1 aliphatic heterocycles. The summed E-state index contributed by atoms with van der Waals surface area (Å²) in [6.45, 7) is 1.76. The number of nitrogens with one attached hydrogen (secondary N) is 2. The van der Waals surface area contributed by atoms with E-state index in [1.165, 1.54) is 6.07 Å². The summed E-state index contributed by atoms with van der Waals surface area (Å²) in [5, 5.41) is 2.66. The van der Waals surface area contributed by atoms with E-state index < -0.39 is 21.9 Å². The van der Waals surface area contributed by atoms with Gasteiger partial charge >= 0.3 is 5.97 Å². The van der Waals surface area contributed by atoms with Crippen LogP contribution in [0.2, 0.25) is 0 Å². The second kappa shape index (κ2) is 9.40. The Bertz CT molecular complexity index is 1120. The van der Waals surface area contributed by atoms with Gasteiger partial charge in [-0.3, -0.25) is 19.3 Å². The number of fused-ring (bicyclic) bond motifs is 1. The fourth-order valence-corrected chi connectivity index (χ4v) is 4.30. The quantitative estimate of drug-likeness (QED) is 0.454. The monoisotopic (exact) mass is 493 g/mol. The molecule has 8 nitrogen and oxygen atoms in total. The van der Waals surface area contributed by atoms with Crippen LogP contribution in [0, 0.1) is 6.92 Å². The van der Waals surface area contributed by atoms with E-state index in [1.807, 2.05) is 13.0 Å². The van der Waals surface area contributed by atoms with Crippen molar-refractivity contribution in [3.63, 3.8) is 0 Å². The summed E-state index contributed by atoms with van der Waals surface area (Å²) in [5.74, 6) is -0.685. The van der Waals surface area contributed by atoms with Crippen molar-refractivity contribution in [2.24, 2.45) is 4.99 Å². The predicted molar refractivity (Wildman–Crippen MR) is 116 cm³/mol. The molecule has 2 aromatic rings. The van der Waals surface area contributed by atoms with Gasteiger partial charge in [0.1, 0.15) is 5.84 Å². The summed E-state index contributed by atoms with van der Waals surface area (Å²) >= 11 is 3.39. The van der Waals surface area contributed by atoms with Crippen molar-refractivity contribution in [1.29, 1.82) is 0 Å². The first kappa shape index (κ1) is 22.0. The summed E-state index contributed by atoms with van der Waals surface area (Å²) in [6, 6.07) is 11.9. The molecule has 1 aliphatic rings. The molecule has 1 heterocycles. The highest BCUT2D eigenvalue weighted by atomic mass is 79.9. The van der Waals surface area contributed by atoms with Gasteiger partial charge in [-0.05, 0) is 49.2 Å². The zero-order valence-corrected chi connectivity index (χ0v) is 18.5. The number of esters is 1. The second-order valence-corrected chi connectivity index (χ2v) is 9.11. The normalized spacial score (nSPS) is 15.3. The average molecular weight is 494 g/mol. The Morgan fingerprint density at radius 2 is 1.97 bits per heavy atom. The van der Waals surface area contributed by atoms with Crippen molar-refractivity contribution < 1.29 is 22.7 Å². The van der Waals surface area contributed by atoms with Gasteiger partial charge in [-0.2, -0.15) is 0 Å². The number of carbonyl (C=O) groups excluding carboxylic acids is 2. The van der Waals surface area contributed by atoms with Crippen molar-refractivity contribution in [3.8, 4) is 0 Å². The van der Waals surface area contributed by atoms with Gasteiger partial charge in [0.15, 0.2) is 6.61 Å². The minimum absolute atomic E-state index is 0.0653. The molecule has 0 aromatic heterocycles. The van der Waals surface area contributed by atoms with E-state index in [2.05, 4.69) is 31.0 Å². The summed E-state index contributed by atoms with van der Waals surface area (Å²) in [6.07, 6.45) is 0.426. The number of amidine groups is 1. The highest BCUT2D eigenvalue weighted by Gasteiger charge is 2.29. The van der Waals surface area contributed by atoms with Gasteiger partial charge in [-0.25, -0.2) is 8.42 Å². The molecular formula is C20H20BrN3O5S. The number of benzene rings is 2. The molecule has 0 radical (unpaired) electrons. The van der Waals surface area contributed by atoms with Crippen molar-refractivity contribution in [1.82, 2.24) is 4.72 Å². The van der Waals surface area contributed by atoms with Crippen molar-refractivity contribution in [2.45, 2.75) is 24.7 Å². The SMILES string of the molecule is Cc1cc(NC(=O)COC(=O)CCCN=C2NS(=O)(=O)c3ccccc32)ccc1Br. The van der Waals surface area contributed by atoms with E-state index in [1.54, 1.807) is 30.3 Å². The minimum Gasteiger partial charge on any atom is -0.456 e. The van der Waals surface area contributed by atoms with E-state index in [0.717, 1.165) is 10.0 Å². The number of aliphatic imine (C=N–C) groups is 1. The molecule has 2 aromatic carbocycles. The van der Waals surface area contributed by atoms with Crippen molar-refractivity contribution in [3.05, 3.63) is 58.1 Å². The molecule has 0 saturated heterocycles. The fourth-order valence-electron chi connectivity index (χ4n) is 2.80. The molecule has 0 spiro atoms. The molecule has 1 amide bonds. The zero-order valence-electron chi connectivity index (χ0n) is 16.1. The summed E-state index contributed by atoms with van der Waals surface area (Å²) in [5.41, 5.74) is 2.10. The van der Waals surface area contributed by atoms with Crippen LogP contribution in [0.15, 0.2) is 56.8 Å². The van der Waals surface area contributed by atoms with Crippen LogP contribution in [0.5, 0.6) is 0 Å². The predicted octanol–water partition coefficient (Wildman–Crippen LogP) is 2.76. The molecule has 0 unspecified atom stereocenters. The fraction of sp³-hybridized carbons (Fsp3) is 0.250. The molecule has 0 aliphatic carbocycles. The molecule has 2 N–H and O–H groups in total. The molecule has 10 heteroatoms. The highest BCUT2D eigenvalue weighted by Crippen LogP contribution is 2.22. The van der Waals surface area contributed by atoms with Crippen LogP contribution in [-0.4, -0.2) is 39.3 Å². The Morgan fingerprint density at radius 1 is 1.20 bits per heavy atom. The third-order valence-corrected chi connectivity index (χ3v) is 6.56. The summed E-state index contributed by atoms with van der Waals surface area (Å²) < 4.78 is 32.3. The maximum absolute atomic E-state index is 12.0. The number of amides is 1. The van der Waals surface area contributed by atoms with Crippen molar-refractivity contribution in [2.75, 3.05) is 18.5 Å². The smallest absolute Gasteiger partial charge is 0.306 e. The van der Waals surface area contributed by atoms with Gasteiger partial charge in [0.2, 0.25) is 0 Å². The van der Waals surface area contributed by atoms with Crippen LogP contribution in [0.1, 0.15) is 24.0 Å². The topological polar surface area (TPSA) is 114 Å². The molecule has 0 fully saturated rings. The van der Waals surface area contributed by atoms with Gasteiger partial charge in [-0.15, -0.1) is 0 Å². The van der Waals surface area contributed by atoms with E-state index in [4.69, 9.17) is 4.74 Å². The van der Waals surface area contributed by atoms with Crippen LogP contribution in [0.3, 0.4) is 0 Å². The number of aryl methyl sites for hydroxylation is 1. The zero-order chi connectivity index (χ0) is 21.7. The number of rotatable bonds is 7. The van der Waals surface area contributed by atoms with Gasteiger partial charge in [-0.1, -0.05) is 28.1 Å². The second-order valence-electron chi connectivity index (χ2n) is 6.61. The van der Waals surface area contributed by atoms with E-state index >= 15 is 0 Å². The Balaban J connectivity index is 1.42. The standard InChI is InChI=1S/C20H20BrN3O5S/c1-13-11-14(8-9-16(13)21)23-18(25)12-29-19(26)7-4-10-22-20-15-5-2-3-6-17(15)30(27,28)24-20/h2-3,5-6,8-9,11H,4,7,10,12H2,1H3,(H,22,24)(H,23,25). The first-order chi connectivity index (χ1) is 14.3. The summed E-state index contributed by atoms with van der Waals surface area (Å²) in [7, 11) is -3.58. The number of nitrogens with zero attached hydrogens (tertiary/aromatic N) is 1. The molecule has 158 valence electrons. The molecule has 0 atom stereocenters. The lowest BCUT2D eigenvalue weighted by atomic mass is 10.2. The van der Waals surface area contributed by atoms with Crippen LogP contribution in [0.4, 0.5) is 5.69 Å². The molecule has 3 rings (SSSR count). The lowest BCUT2D eigenvalue weighted by Gasteiger charge is -2.08. The van der Waals surface area contributed by atoms with E-state index in [0.29, 0.717) is 17.7 Å². The van der Waals surface area contributed by atoms with Crippen molar-refractivity contribution >= 4 is 49.4 Å². The number of hydrogen-bond acceptors (Lipinski definition) is 6. The lowest BCUT2D eigenvalue weighted by Crippen LogP contribution is -2.22. The van der Waals surface area contributed by atoms with E-state index in [-0.39, 0.29) is 30.3 Å². The van der Waals surface area contributed by atoms with Crippen LogP contribution >= 0.6 is 15.9 Å². The first-order valence-electron chi connectivity index (χ1n) is 9.14. The number of carbonyl (C=O) groups is 2. The molecular weight excluding hydrogens is 474 g/mol. The third-order valence-electron chi connectivity index (χ3n) is 4.28. The summed E-state index contributed by atoms with van der Waals surface area (Å²) in [4.78, 5) is 28.2. The number of ether oxygens (including phenoxy) is 1. The Kier molecular flexibility index (Phi) is 6.88. The number of sulfonamides is 1. The van der Waals surface area contributed by atoms with E-state index in [9.17, 15) is 18.0 Å². The largest absolute Gasteiger partial charge is 0.456 e. The highest BCUT2D eigenvalue weighted by molar-refractivity contribution is 9.10. The van der Waals surface area contributed by atoms with Gasteiger partial charge in [0, 0.05) is 28.7 Å². The molecule has 0 saturated carbocycles. The maximum atomic E-state index is 12.0. The average Bonchev–Trinajstić information content (AvgIpc) is 2.97. The minimum atomic E-state index is -3.58. The Morgan fingerprint density at radius 3 is 2.73 bits per heavy atom. The first-order valence-corrected chi connectivity index (χ1v) is 11.4. The van der Waals surface area contributed by atoms with Gasteiger partial charge < -0.3 is 10.1 Å². The third kappa shape index (κ3) is 5.45. The van der Waals surface area contributed by atoms with Gasteiger partial charge in [0.05, 0.1) is 4.90 Å². The Hall–Kier alpha value is -2.72. The lowest BCUT2D eigenvalue weighted by molar-refractivity contribution is -0.147. The number of hydrogen-bond donors (Lipinski definition) is 2.